The minimum absolute atomic E-state index is 0.641. The smallest absolute Gasteiger partial charge is 0.0700 e. The Hall–Kier alpha value is -0.160. The standard InChI is InChI=1S/C12H26N2O2/c1-11-9-13-10-12(2)14(11)5-4-6-16-8-7-15-3/h11-13H,4-10H2,1-3H3. The van der Waals surface area contributed by atoms with Crippen LogP contribution in [0.3, 0.4) is 0 Å². The zero-order chi connectivity index (χ0) is 11.8. The van der Waals surface area contributed by atoms with Crippen LogP contribution in [0, 0.1) is 0 Å². The monoisotopic (exact) mass is 230 g/mol. The van der Waals surface area contributed by atoms with Crippen LogP contribution < -0.4 is 5.32 Å². The number of hydrogen-bond acceptors (Lipinski definition) is 4. The lowest BCUT2D eigenvalue weighted by atomic mass is 10.1. The van der Waals surface area contributed by atoms with E-state index in [1.807, 2.05) is 0 Å². The minimum atomic E-state index is 0.641. The number of methoxy groups -OCH3 is 1. The van der Waals surface area contributed by atoms with Gasteiger partial charge < -0.3 is 14.8 Å². The Bertz CT molecular complexity index is 168. The Morgan fingerprint density at radius 3 is 2.44 bits per heavy atom. The summed E-state index contributed by atoms with van der Waals surface area (Å²) >= 11 is 0. The molecule has 4 nitrogen and oxygen atoms in total. The summed E-state index contributed by atoms with van der Waals surface area (Å²) in [6.07, 6.45) is 1.11. The number of rotatable bonds is 7. The normalized spacial score (nSPS) is 27.2. The first kappa shape index (κ1) is 13.9. The molecule has 1 heterocycles. The number of nitrogens with one attached hydrogen (secondary N) is 1. The van der Waals surface area contributed by atoms with Gasteiger partial charge in [-0.1, -0.05) is 0 Å². The topological polar surface area (TPSA) is 33.7 Å². The van der Waals surface area contributed by atoms with Gasteiger partial charge >= 0.3 is 0 Å². The average molecular weight is 230 g/mol. The highest BCUT2D eigenvalue weighted by Crippen LogP contribution is 2.09. The van der Waals surface area contributed by atoms with Crippen molar-refractivity contribution in [2.24, 2.45) is 0 Å². The molecule has 0 bridgehead atoms. The van der Waals surface area contributed by atoms with Crippen LogP contribution in [-0.4, -0.2) is 63.5 Å². The summed E-state index contributed by atoms with van der Waals surface area (Å²) in [5.41, 5.74) is 0. The molecule has 0 radical (unpaired) electrons. The summed E-state index contributed by atoms with van der Waals surface area (Å²) in [6.45, 7) is 10.2. The largest absolute Gasteiger partial charge is 0.382 e. The van der Waals surface area contributed by atoms with Crippen LogP contribution >= 0.6 is 0 Å². The SMILES string of the molecule is COCCOCCCN1C(C)CNCC1C. The molecule has 1 saturated heterocycles. The zero-order valence-corrected chi connectivity index (χ0v) is 10.9. The van der Waals surface area contributed by atoms with E-state index in [0.29, 0.717) is 25.3 Å². The Morgan fingerprint density at radius 2 is 1.81 bits per heavy atom. The number of ether oxygens (including phenoxy) is 2. The fourth-order valence-electron chi connectivity index (χ4n) is 2.20. The van der Waals surface area contributed by atoms with Gasteiger partial charge in [0.15, 0.2) is 0 Å². The second-order valence-corrected chi connectivity index (χ2v) is 4.55. The van der Waals surface area contributed by atoms with Crippen LogP contribution in [0.2, 0.25) is 0 Å². The van der Waals surface area contributed by atoms with E-state index in [0.717, 1.165) is 32.7 Å². The van der Waals surface area contributed by atoms with Crippen molar-refractivity contribution in [3.63, 3.8) is 0 Å². The molecule has 16 heavy (non-hydrogen) atoms. The van der Waals surface area contributed by atoms with Crippen LogP contribution in [-0.2, 0) is 9.47 Å². The van der Waals surface area contributed by atoms with Gasteiger partial charge in [-0.05, 0) is 20.3 Å². The van der Waals surface area contributed by atoms with E-state index in [-0.39, 0.29) is 0 Å². The summed E-state index contributed by atoms with van der Waals surface area (Å²) in [7, 11) is 1.70. The van der Waals surface area contributed by atoms with Crippen molar-refractivity contribution >= 4 is 0 Å². The maximum atomic E-state index is 5.47. The van der Waals surface area contributed by atoms with Crippen molar-refractivity contribution < 1.29 is 9.47 Å². The highest BCUT2D eigenvalue weighted by atomic mass is 16.5. The molecule has 2 atom stereocenters. The molecule has 1 rings (SSSR count). The summed E-state index contributed by atoms with van der Waals surface area (Å²) in [4.78, 5) is 2.57. The molecule has 0 spiro atoms. The molecule has 1 aliphatic rings. The van der Waals surface area contributed by atoms with Crippen molar-refractivity contribution in [3.05, 3.63) is 0 Å². The quantitative estimate of drug-likeness (QED) is 0.654. The van der Waals surface area contributed by atoms with Gasteiger partial charge in [-0.15, -0.1) is 0 Å². The number of hydrogen-bond donors (Lipinski definition) is 1. The lowest BCUT2D eigenvalue weighted by molar-refractivity contribution is 0.0548. The van der Waals surface area contributed by atoms with E-state index in [1.54, 1.807) is 7.11 Å². The zero-order valence-electron chi connectivity index (χ0n) is 10.9. The van der Waals surface area contributed by atoms with E-state index in [9.17, 15) is 0 Å². The average Bonchev–Trinajstić information content (AvgIpc) is 2.26. The van der Waals surface area contributed by atoms with Gasteiger partial charge in [-0.2, -0.15) is 0 Å². The maximum Gasteiger partial charge on any atom is 0.0700 e. The highest BCUT2D eigenvalue weighted by Gasteiger charge is 2.23. The van der Waals surface area contributed by atoms with Crippen LogP contribution in [0.15, 0.2) is 0 Å². The minimum Gasteiger partial charge on any atom is -0.382 e. The summed E-state index contributed by atoms with van der Waals surface area (Å²) in [6, 6.07) is 1.28. The number of piperazine rings is 1. The van der Waals surface area contributed by atoms with E-state index < -0.39 is 0 Å². The molecule has 1 N–H and O–H groups in total. The third-order valence-corrected chi connectivity index (χ3v) is 3.15. The Morgan fingerprint density at radius 1 is 1.12 bits per heavy atom. The predicted octanol–water partition coefficient (Wildman–Crippen LogP) is 0.722. The third-order valence-electron chi connectivity index (χ3n) is 3.15. The van der Waals surface area contributed by atoms with Crippen molar-refractivity contribution in [3.8, 4) is 0 Å². The second kappa shape index (κ2) is 8.01. The van der Waals surface area contributed by atoms with Crippen LogP contribution in [0.25, 0.3) is 0 Å². The first-order chi connectivity index (χ1) is 7.75. The second-order valence-electron chi connectivity index (χ2n) is 4.55. The molecule has 96 valence electrons. The van der Waals surface area contributed by atoms with Crippen LogP contribution in [0.1, 0.15) is 20.3 Å². The molecule has 4 heteroatoms. The Balaban J connectivity index is 2.06. The van der Waals surface area contributed by atoms with Gasteiger partial charge in [-0.25, -0.2) is 0 Å². The molecule has 0 aromatic rings. The first-order valence-corrected chi connectivity index (χ1v) is 6.29. The molecule has 1 fully saturated rings. The van der Waals surface area contributed by atoms with Gasteiger partial charge in [0.25, 0.3) is 0 Å². The molecular formula is C12H26N2O2. The molecule has 0 aromatic heterocycles. The molecule has 0 amide bonds. The van der Waals surface area contributed by atoms with E-state index in [4.69, 9.17) is 9.47 Å². The van der Waals surface area contributed by atoms with Crippen molar-refractivity contribution in [2.45, 2.75) is 32.4 Å². The van der Waals surface area contributed by atoms with Crippen molar-refractivity contribution in [2.75, 3.05) is 46.6 Å². The molecule has 2 unspecified atom stereocenters. The first-order valence-electron chi connectivity index (χ1n) is 6.29. The van der Waals surface area contributed by atoms with Gasteiger partial charge in [0, 0.05) is 45.4 Å². The van der Waals surface area contributed by atoms with Crippen LogP contribution in [0.4, 0.5) is 0 Å². The van der Waals surface area contributed by atoms with Crippen LogP contribution in [0.5, 0.6) is 0 Å². The summed E-state index contributed by atoms with van der Waals surface area (Å²) < 4.78 is 10.4. The predicted molar refractivity (Wildman–Crippen MR) is 65.8 cm³/mol. The lowest BCUT2D eigenvalue weighted by Crippen LogP contribution is -2.55. The van der Waals surface area contributed by atoms with Gasteiger partial charge in [0.1, 0.15) is 0 Å². The van der Waals surface area contributed by atoms with E-state index >= 15 is 0 Å². The van der Waals surface area contributed by atoms with Crippen molar-refractivity contribution in [1.82, 2.24) is 10.2 Å². The summed E-state index contributed by atoms with van der Waals surface area (Å²) in [5, 5.41) is 3.44. The van der Waals surface area contributed by atoms with Gasteiger partial charge in [-0.3, -0.25) is 4.90 Å². The van der Waals surface area contributed by atoms with E-state index in [1.165, 1.54) is 0 Å². The molecule has 1 aliphatic heterocycles. The fraction of sp³-hybridized carbons (Fsp3) is 1.00. The summed E-state index contributed by atoms with van der Waals surface area (Å²) in [5.74, 6) is 0. The number of nitrogens with zero attached hydrogens (tertiary/aromatic N) is 1. The van der Waals surface area contributed by atoms with Crippen molar-refractivity contribution in [1.29, 1.82) is 0 Å². The molecule has 0 saturated carbocycles. The fourth-order valence-corrected chi connectivity index (χ4v) is 2.20. The molecular weight excluding hydrogens is 204 g/mol. The molecule has 0 aromatic carbocycles. The van der Waals surface area contributed by atoms with Gasteiger partial charge in [0.05, 0.1) is 13.2 Å². The van der Waals surface area contributed by atoms with Gasteiger partial charge in [0.2, 0.25) is 0 Å². The van der Waals surface area contributed by atoms with E-state index in [2.05, 4.69) is 24.1 Å². The maximum absolute atomic E-state index is 5.47. The lowest BCUT2D eigenvalue weighted by Gasteiger charge is -2.39. The Labute approximate surface area is 99.3 Å². The highest BCUT2D eigenvalue weighted by molar-refractivity contribution is 4.82. The Kier molecular flexibility index (Phi) is 6.96. The molecule has 0 aliphatic carbocycles. The third kappa shape index (κ3) is 4.78.